The van der Waals surface area contributed by atoms with Gasteiger partial charge in [0.25, 0.3) is 5.91 Å². The Hall–Kier alpha value is -2.24. The van der Waals surface area contributed by atoms with Gasteiger partial charge in [0.2, 0.25) is 11.8 Å². The molecule has 5 nitrogen and oxygen atoms in total. The Bertz CT molecular complexity index is 557. The lowest BCUT2D eigenvalue weighted by atomic mass is 10.0. The van der Waals surface area contributed by atoms with Crippen molar-refractivity contribution in [1.82, 2.24) is 10.6 Å². The molecule has 1 aliphatic heterocycles. The molecule has 0 aliphatic carbocycles. The molecule has 1 aromatic carbocycles. The summed E-state index contributed by atoms with van der Waals surface area (Å²) in [6.45, 7) is 1.55. The van der Waals surface area contributed by atoms with Crippen molar-refractivity contribution in [3.05, 3.63) is 35.1 Å². The lowest BCUT2D eigenvalue weighted by Crippen LogP contribution is -2.52. The van der Waals surface area contributed by atoms with Crippen LogP contribution in [-0.2, 0) is 9.59 Å². The number of carbonyl (C=O) groups excluding carboxylic acids is 3. The van der Waals surface area contributed by atoms with E-state index in [1.165, 1.54) is 18.2 Å². The number of halogens is 1. The van der Waals surface area contributed by atoms with E-state index in [-0.39, 0.29) is 24.3 Å². The second-order valence-corrected chi connectivity index (χ2v) is 4.44. The Morgan fingerprint density at radius 2 is 2.16 bits per heavy atom. The molecule has 1 aliphatic rings. The third-order valence-electron chi connectivity index (χ3n) is 2.96. The van der Waals surface area contributed by atoms with Crippen LogP contribution >= 0.6 is 0 Å². The zero-order chi connectivity index (χ0) is 14.0. The molecular weight excluding hydrogens is 251 g/mol. The maximum Gasteiger partial charge on any atom is 0.251 e. The molecule has 1 heterocycles. The number of aryl methyl sites for hydroxylation is 1. The van der Waals surface area contributed by atoms with E-state index in [1.807, 2.05) is 0 Å². The van der Waals surface area contributed by atoms with E-state index in [2.05, 4.69) is 10.6 Å². The first-order valence-corrected chi connectivity index (χ1v) is 5.88. The molecule has 3 amide bonds. The van der Waals surface area contributed by atoms with Crippen LogP contribution in [0.25, 0.3) is 0 Å². The van der Waals surface area contributed by atoms with Crippen LogP contribution in [0.4, 0.5) is 4.39 Å². The molecule has 0 spiro atoms. The summed E-state index contributed by atoms with van der Waals surface area (Å²) in [5.41, 5.74) is 0.638. The van der Waals surface area contributed by atoms with Crippen LogP contribution in [-0.4, -0.2) is 23.8 Å². The molecule has 1 saturated heterocycles. The Balaban J connectivity index is 2.06. The van der Waals surface area contributed by atoms with Gasteiger partial charge in [0.15, 0.2) is 0 Å². The number of piperidine rings is 1. The molecule has 1 atom stereocenters. The minimum atomic E-state index is -0.726. The van der Waals surface area contributed by atoms with Crippen LogP contribution in [0.3, 0.4) is 0 Å². The molecule has 2 rings (SSSR count). The van der Waals surface area contributed by atoms with Gasteiger partial charge in [-0.1, -0.05) is 0 Å². The van der Waals surface area contributed by atoms with Crippen molar-refractivity contribution < 1.29 is 18.8 Å². The summed E-state index contributed by atoms with van der Waals surface area (Å²) in [7, 11) is 0. The largest absolute Gasteiger partial charge is 0.340 e. The van der Waals surface area contributed by atoms with Crippen LogP contribution in [0, 0.1) is 12.7 Å². The number of hydrogen-bond donors (Lipinski definition) is 2. The Morgan fingerprint density at radius 1 is 1.42 bits per heavy atom. The van der Waals surface area contributed by atoms with Crippen molar-refractivity contribution in [2.45, 2.75) is 25.8 Å². The van der Waals surface area contributed by atoms with Gasteiger partial charge in [0, 0.05) is 12.0 Å². The Morgan fingerprint density at radius 3 is 2.79 bits per heavy atom. The van der Waals surface area contributed by atoms with Gasteiger partial charge < -0.3 is 5.32 Å². The van der Waals surface area contributed by atoms with Gasteiger partial charge in [-0.15, -0.1) is 0 Å². The van der Waals surface area contributed by atoms with Crippen LogP contribution in [0.1, 0.15) is 28.8 Å². The zero-order valence-electron chi connectivity index (χ0n) is 10.3. The minimum Gasteiger partial charge on any atom is -0.340 e. The summed E-state index contributed by atoms with van der Waals surface area (Å²) >= 11 is 0. The maximum absolute atomic E-state index is 13.1. The van der Waals surface area contributed by atoms with E-state index in [4.69, 9.17) is 0 Å². The summed E-state index contributed by atoms with van der Waals surface area (Å²) in [5.74, 6) is -1.70. The molecule has 0 radical (unpaired) electrons. The quantitative estimate of drug-likeness (QED) is 0.771. The van der Waals surface area contributed by atoms with Gasteiger partial charge in [0.1, 0.15) is 11.9 Å². The summed E-state index contributed by atoms with van der Waals surface area (Å²) in [6.07, 6.45) is 0.468. The molecule has 6 heteroatoms. The van der Waals surface area contributed by atoms with Crippen LogP contribution in [0.2, 0.25) is 0 Å². The fourth-order valence-electron chi connectivity index (χ4n) is 1.86. The van der Waals surface area contributed by atoms with Crippen molar-refractivity contribution in [2.24, 2.45) is 0 Å². The minimum absolute atomic E-state index is 0.194. The van der Waals surface area contributed by atoms with Gasteiger partial charge in [0.05, 0.1) is 0 Å². The van der Waals surface area contributed by atoms with Crippen LogP contribution in [0.15, 0.2) is 18.2 Å². The van der Waals surface area contributed by atoms with E-state index in [0.717, 1.165) is 0 Å². The first-order valence-electron chi connectivity index (χ1n) is 5.88. The third kappa shape index (κ3) is 2.96. The summed E-state index contributed by atoms with van der Waals surface area (Å²) in [5, 5.41) is 4.68. The van der Waals surface area contributed by atoms with Gasteiger partial charge in [-0.2, -0.15) is 0 Å². The van der Waals surface area contributed by atoms with Gasteiger partial charge in [-0.25, -0.2) is 4.39 Å². The first kappa shape index (κ1) is 13.2. The Labute approximate surface area is 109 Å². The van der Waals surface area contributed by atoms with Crippen molar-refractivity contribution in [2.75, 3.05) is 0 Å². The van der Waals surface area contributed by atoms with E-state index in [0.29, 0.717) is 5.56 Å². The highest BCUT2D eigenvalue weighted by Crippen LogP contribution is 2.11. The number of hydrogen-bond acceptors (Lipinski definition) is 3. The van der Waals surface area contributed by atoms with Crippen molar-refractivity contribution in [3.63, 3.8) is 0 Å². The van der Waals surface area contributed by atoms with E-state index in [1.54, 1.807) is 6.92 Å². The Kier molecular flexibility index (Phi) is 3.59. The summed E-state index contributed by atoms with van der Waals surface area (Å²) in [4.78, 5) is 34.4. The van der Waals surface area contributed by atoms with E-state index < -0.39 is 23.7 Å². The first-order chi connectivity index (χ1) is 8.97. The molecule has 0 aromatic heterocycles. The monoisotopic (exact) mass is 264 g/mol. The number of rotatable bonds is 2. The third-order valence-corrected chi connectivity index (χ3v) is 2.96. The smallest absolute Gasteiger partial charge is 0.251 e. The summed E-state index contributed by atoms with van der Waals surface area (Å²) < 4.78 is 13.1. The number of nitrogens with one attached hydrogen (secondary N) is 2. The molecule has 1 aromatic rings. The molecule has 1 fully saturated rings. The van der Waals surface area contributed by atoms with Gasteiger partial charge >= 0.3 is 0 Å². The molecular formula is C13H13FN2O3. The van der Waals surface area contributed by atoms with Crippen molar-refractivity contribution >= 4 is 17.7 Å². The second kappa shape index (κ2) is 5.17. The summed E-state index contributed by atoms with van der Waals surface area (Å²) in [6, 6.07) is 3.24. The maximum atomic E-state index is 13.1. The average Bonchev–Trinajstić information content (AvgIpc) is 2.36. The molecule has 0 saturated carbocycles. The molecule has 19 heavy (non-hydrogen) atoms. The van der Waals surface area contributed by atoms with Gasteiger partial charge in [-0.05, 0) is 37.1 Å². The van der Waals surface area contributed by atoms with E-state index >= 15 is 0 Å². The van der Waals surface area contributed by atoms with Crippen LogP contribution in [0.5, 0.6) is 0 Å². The molecule has 0 bridgehead atoms. The number of amides is 3. The predicted molar refractivity (Wildman–Crippen MR) is 64.8 cm³/mol. The highest BCUT2D eigenvalue weighted by molar-refractivity contribution is 6.03. The standard InChI is InChI=1S/C13H13FN2O3/c1-7-6-8(2-3-9(7)14)12(18)15-10-4-5-11(17)16-13(10)19/h2-3,6,10H,4-5H2,1H3,(H,15,18)(H,16,17,19). The van der Waals surface area contributed by atoms with Crippen LogP contribution < -0.4 is 10.6 Å². The molecule has 2 N–H and O–H groups in total. The second-order valence-electron chi connectivity index (χ2n) is 4.44. The average molecular weight is 264 g/mol. The lowest BCUT2D eigenvalue weighted by molar-refractivity contribution is -0.134. The SMILES string of the molecule is Cc1cc(C(=O)NC2CCC(=O)NC2=O)ccc1F. The highest BCUT2D eigenvalue weighted by Gasteiger charge is 2.28. The molecule has 100 valence electrons. The normalized spacial score (nSPS) is 18.9. The number of benzene rings is 1. The van der Waals surface area contributed by atoms with E-state index in [9.17, 15) is 18.8 Å². The lowest BCUT2D eigenvalue weighted by Gasteiger charge is -2.21. The van der Waals surface area contributed by atoms with Gasteiger partial charge in [-0.3, -0.25) is 19.7 Å². The van der Waals surface area contributed by atoms with Crippen molar-refractivity contribution in [3.8, 4) is 0 Å². The fraction of sp³-hybridized carbons (Fsp3) is 0.308. The zero-order valence-corrected chi connectivity index (χ0v) is 10.3. The topological polar surface area (TPSA) is 75.3 Å². The molecule has 1 unspecified atom stereocenters. The fourth-order valence-corrected chi connectivity index (χ4v) is 1.86. The van der Waals surface area contributed by atoms with Crippen molar-refractivity contribution in [1.29, 1.82) is 0 Å². The highest BCUT2D eigenvalue weighted by atomic mass is 19.1. The number of imide groups is 1. The predicted octanol–water partition coefficient (Wildman–Crippen LogP) is 0.669. The number of carbonyl (C=O) groups is 3.